The molecule has 1 aromatic heterocycles. The molecule has 0 saturated carbocycles. The van der Waals surface area contributed by atoms with Crippen molar-refractivity contribution in [2.45, 2.75) is 90.1 Å². The minimum absolute atomic E-state index is 0.0250. The van der Waals surface area contributed by atoms with E-state index in [1.807, 2.05) is 18.2 Å². The van der Waals surface area contributed by atoms with Gasteiger partial charge in [0, 0.05) is 23.5 Å². The summed E-state index contributed by atoms with van der Waals surface area (Å²) in [5.74, 6) is -8.01. The first-order valence-electron chi connectivity index (χ1n) is 16.0. The van der Waals surface area contributed by atoms with Gasteiger partial charge in [-0.25, -0.2) is 4.79 Å². The van der Waals surface area contributed by atoms with E-state index < -0.39 is 103 Å². The maximum absolute atomic E-state index is 13.6. The first kappa shape index (κ1) is 40.7. The van der Waals surface area contributed by atoms with E-state index in [4.69, 9.17) is 10.8 Å². The Morgan fingerprint density at radius 3 is 1.98 bits per heavy atom. The van der Waals surface area contributed by atoms with Gasteiger partial charge in [0.15, 0.2) is 0 Å². The summed E-state index contributed by atoms with van der Waals surface area (Å²) in [5.41, 5.74) is 6.94. The highest BCUT2D eigenvalue weighted by atomic mass is 16.4. The number of benzene rings is 1. The quantitative estimate of drug-likeness (QED) is 0.0783. The molecule has 0 spiro atoms. The van der Waals surface area contributed by atoms with Crippen LogP contribution in [0, 0.1) is 5.92 Å². The van der Waals surface area contributed by atoms with Gasteiger partial charge in [-0.15, -0.1) is 0 Å². The number of H-pyrrole nitrogens is 1. The number of amides is 6. The van der Waals surface area contributed by atoms with E-state index in [9.17, 15) is 43.5 Å². The minimum atomic E-state index is -1.74. The first-order chi connectivity index (χ1) is 23.4. The lowest BCUT2D eigenvalue weighted by atomic mass is 9.97. The fraction of sp³-hybridized carbons (Fsp3) is 0.500. The summed E-state index contributed by atoms with van der Waals surface area (Å²) >= 11 is 0. The second-order valence-corrected chi connectivity index (χ2v) is 12.0. The van der Waals surface area contributed by atoms with Crippen LogP contribution in [0.15, 0.2) is 30.5 Å². The summed E-state index contributed by atoms with van der Waals surface area (Å²) in [6.07, 6.45) is 1.14. The summed E-state index contributed by atoms with van der Waals surface area (Å²) in [7, 11) is 0. The Labute approximate surface area is 288 Å². The molecule has 0 unspecified atom stereocenters. The summed E-state index contributed by atoms with van der Waals surface area (Å²) in [6.45, 7) is 7.00. The Morgan fingerprint density at radius 1 is 0.760 bits per heavy atom. The number of aromatic amines is 1. The molecule has 0 aliphatic heterocycles. The van der Waals surface area contributed by atoms with Crippen LogP contribution in [0.1, 0.15) is 53.0 Å². The molecule has 6 amide bonds. The predicted octanol–water partition coefficient (Wildman–Crippen LogP) is -1.76. The molecule has 0 saturated heterocycles. The molecular formula is C32H46N8O10. The number of carboxylic acids is 2. The molecule has 274 valence electrons. The van der Waals surface area contributed by atoms with Gasteiger partial charge in [-0.2, -0.15) is 0 Å². The van der Waals surface area contributed by atoms with E-state index in [0.29, 0.717) is 12.0 Å². The number of fused-ring (bicyclic) bond motifs is 1. The number of para-hydroxylation sites is 1. The van der Waals surface area contributed by atoms with Crippen LogP contribution < -0.4 is 37.6 Å². The third-order valence-electron chi connectivity index (χ3n) is 7.88. The molecule has 0 bridgehead atoms. The monoisotopic (exact) mass is 702 g/mol. The van der Waals surface area contributed by atoms with Crippen molar-refractivity contribution in [3.05, 3.63) is 36.0 Å². The van der Waals surface area contributed by atoms with Crippen LogP contribution in [0.5, 0.6) is 0 Å². The van der Waals surface area contributed by atoms with Gasteiger partial charge in [0.25, 0.3) is 0 Å². The zero-order valence-corrected chi connectivity index (χ0v) is 28.5. The van der Waals surface area contributed by atoms with Crippen molar-refractivity contribution in [2.75, 3.05) is 6.54 Å². The highest BCUT2D eigenvalue weighted by molar-refractivity contribution is 5.97. The Hall–Kier alpha value is -5.52. The van der Waals surface area contributed by atoms with Crippen LogP contribution in [0.2, 0.25) is 0 Å². The number of nitrogens with one attached hydrogen (secondary N) is 7. The van der Waals surface area contributed by atoms with Crippen LogP contribution in [0.4, 0.5) is 0 Å². The van der Waals surface area contributed by atoms with Crippen LogP contribution in [-0.4, -0.2) is 105 Å². The number of aliphatic carboxylic acids is 2. The van der Waals surface area contributed by atoms with E-state index in [0.717, 1.165) is 10.9 Å². The van der Waals surface area contributed by atoms with Crippen molar-refractivity contribution in [2.24, 2.45) is 11.7 Å². The van der Waals surface area contributed by atoms with Gasteiger partial charge in [-0.3, -0.25) is 33.6 Å². The molecule has 18 nitrogen and oxygen atoms in total. The molecule has 2 aromatic rings. The van der Waals surface area contributed by atoms with Crippen molar-refractivity contribution in [1.29, 1.82) is 0 Å². The van der Waals surface area contributed by atoms with Crippen LogP contribution in [-0.2, 0) is 44.8 Å². The van der Waals surface area contributed by atoms with Gasteiger partial charge in [-0.05, 0) is 38.3 Å². The second-order valence-electron chi connectivity index (χ2n) is 12.0. The fourth-order valence-corrected chi connectivity index (χ4v) is 4.70. The molecule has 7 atom stereocenters. The minimum Gasteiger partial charge on any atom is -0.481 e. The lowest BCUT2D eigenvalue weighted by Gasteiger charge is -2.27. The third-order valence-corrected chi connectivity index (χ3v) is 7.88. The second kappa shape index (κ2) is 18.9. The van der Waals surface area contributed by atoms with Crippen LogP contribution >= 0.6 is 0 Å². The summed E-state index contributed by atoms with van der Waals surface area (Å²) < 4.78 is 0. The number of nitrogens with two attached hydrogens (primary N) is 1. The molecule has 1 heterocycles. The van der Waals surface area contributed by atoms with Gasteiger partial charge >= 0.3 is 11.9 Å². The number of hydrogen-bond donors (Lipinski definition) is 10. The van der Waals surface area contributed by atoms with Crippen molar-refractivity contribution in [3.63, 3.8) is 0 Å². The van der Waals surface area contributed by atoms with Crippen molar-refractivity contribution >= 4 is 58.3 Å². The molecule has 0 aliphatic rings. The SMILES string of the molecule is CC[C@H](C)[C@H](NC(=O)[C@H](C)NC(=O)[C@H](Cc1c[nH]c2ccccc12)NC(=O)CNC(=O)[C@H](C)NC(=O)[C@H](C)N)C(=O)N[C@@H](CC(=O)O)C(=O)O. The van der Waals surface area contributed by atoms with Gasteiger partial charge in [0.1, 0.15) is 30.2 Å². The highest BCUT2D eigenvalue weighted by Crippen LogP contribution is 2.19. The van der Waals surface area contributed by atoms with Gasteiger partial charge in [0.05, 0.1) is 19.0 Å². The Bertz CT molecular complexity index is 1570. The van der Waals surface area contributed by atoms with E-state index in [-0.39, 0.29) is 6.42 Å². The third kappa shape index (κ3) is 12.2. The standard InChI is InChI=1S/C32H46N8O10/c1-6-15(2)26(31(48)39-23(32(49)50)12-25(42)43)40-29(46)18(5)37-30(47)22(11-19-13-34-21-10-8-7-9-20(19)21)38-24(41)14-35-28(45)17(4)36-27(44)16(3)33/h7-10,13,15-18,22-23,26,34H,6,11-12,14,33H2,1-5H3,(H,35,45)(H,36,44)(H,37,47)(H,38,41)(H,39,48)(H,40,46)(H,42,43)(H,49,50)/t15-,16-,17-,18-,22-,23-,26-/m0/s1. The van der Waals surface area contributed by atoms with E-state index in [1.165, 1.54) is 20.8 Å². The molecule has 0 aliphatic carbocycles. The Morgan fingerprint density at radius 2 is 1.38 bits per heavy atom. The number of hydrogen-bond acceptors (Lipinski definition) is 9. The molecule has 11 N–H and O–H groups in total. The number of aromatic nitrogens is 1. The average Bonchev–Trinajstić information content (AvgIpc) is 3.46. The zero-order chi connectivity index (χ0) is 37.7. The summed E-state index contributed by atoms with van der Waals surface area (Å²) in [6, 6.07) is -0.114. The smallest absolute Gasteiger partial charge is 0.326 e. The van der Waals surface area contributed by atoms with Gasteiger partial charge < -0.3 is 52.8 Å². The van der Waals surface area contributed by atoms with Crippen LogP contribution in [0.25, 0.3) is 10.9 Å². The highest BCUT2D eigenvalue weighted by Gasteiger charge is 2.33. The van der Waals surface area contributed by atoms with Gasteiger partial charge in [-0.1, -0.05) is 38.5 Å². The average molecular weight is 703 g/mol. The maximum Gasteiger partial charge on any atom is 0.326 e. The first-order valence-corrected chi connectivity index (χ1v) is 16.0. The molecule has 50 heavy (non-hydrogen) atoms. The van der Waals surface area contributed by atoms with Crippen molar-refractivity contribution in [3.8, 4) is 0 Å². The van der Waals surface area contributed by atoms with Crippen molar-refractivity contribution in [1.82, 2.24) is 36.9 Å². The normalized spacial score (nSPS) is 15.2. The molecule has 0 radical (unpaired) electrons. The molecule has 2 rings (SSSR count). The topological polar surface area (TPSA) is 291 Å². The fourth-order valence-electron chi connectivity index (χ4n) is 4.70. The summed E-state index contributed by atoms with van der Waals surface area (Å²) in [5, 5.41) is 33.6. The Balaban J connectivity index is 2.19. The number of carbonyl (C=O) groups is 8. The molecule has 0 fully saturated rings. The largest absolute Gasteiger partial charge is 0.481 e. The number of rotatable bonds is 19. The van der Waals surface area contributed by atoms with E-state index >= 15 is 0 Å². The molecule has 1 aromatic carbocycles. The number of carboxylic acid groups (broad SMARTS) is 2. The predicted molar refractivity (Wildman–Crippen MR) is 179 cm³/mol. The van der Waals surface area contributed by atoms with E-state index in [1.54, 1.807) is 26.1 Å². The molecular weight excluding hydrogens is 656 g/mol. The van der Waals surface area contributed by atoms with Crippen molar-refractivity contribution < 1.29 is 48.6 Å². The maximum atomic E-state index is 13.6. The zero-order valence-electron chi connectivity index (χ0n) is 28.5. The van der Waals surface area contributed by atoms with E-state index in [2.05, 4.69) is 36.9 Å². The van der Waals surface area contributed by atoms with Crippen LogP contribution in [0.3, 0.4) is 0 Å². The lowest BCUT2D eigenvalue weighted by molar-refractivity contribution is -0.147. The lowest BCUT2D eigenvalue weighted by Crippen LogP contribution is -2.59. The van der Waals surface area contributed by atoms with Gasteiger partial charge in [0.2, 0.25) is 35.4 Å². The number of carbonyl (C=O) groups excluding carboxylic acids is 6. The molecule has 18 heteroatoms. The Kier molecular flexibility index (Phi) is 15.3. The summed E-state index contributed by atoms with van der Waals surface area (Å²) in [4.78, 5) is 103.